The molecule has 0 atom stereocenters. The third-order valence-electron chi connectivity index (χ3n) is 11.2. The molecule has 0 saturated heterocycles. The van der Waals surface area contributed by atoms with Crippen LogP contribution in [0.15, 0.2) is 182 Å². The molecule has 262 valence electrons. The van der Waals surface area contributed by atoms with E-state index in [2.05, 4.69) is 146 Å². The van der Waals surface area contributed by atoms with Crippen LogP contribution >= 0.6 is 0 Å². The van der Waals surface area contributed by atoms with E-state index in [1.54, 1.807) is 6.07 Å². The van der Waals surface area contributed by atoms with E-state index >= 15 is 0 Å². The van der Waals surface area contributed by atoms with Crippen LogP contribution < -0.4 is 0 Å². The number of phenols is 1. The van der Waals surface area contributed by atoms with Crippen LogP contribution in [0.25, 0.3) is 83.9 Å². The SMILES string of the molecule is CC1(C)c2ccccc2-c2cc(-c3cccc4c3nc(-c3ccccc3O)n4-c3ccccc3)cc(-c3cc(-c4ccc(-c5ccccc5)cc4)ccn3)c21. The maximum Gasteiger partial charge on any atom is 0.149 e. The van der Waals surface area contributed by atoms with Gasteiger partial charge < -0.3 is 5.11 Å². The molecule has 0 bridgehead atoms. The van der Waals surface area contributed by atoms with Crippen molar-refractivity contribution in [2.45, 2.75) is 19.3 Å². The first-order valence-electron chi connectivity index (χ1n) is 18.7. The minimum atomic E-state index is -0.242. The van der Waals surface area contributed by atoms with Gasteiger partial charge in [-0.15, -0.1) is 0 Å². The van der Waals surface area contributed by atoms with Gasteiger partial charge in [-0.2, -0.15) is 0 Å². The number of para-hydroxylation sites is 3. The van der Waals surface area contributed by atoms with Gasteiger partial charge in [0, 0.05) is 28.4 Å². The second-order valence-electron chi connectivity index (χ2n) is 14.8. The van der Waals surface area contributed by atoms with Crippen molar-refractivity contribution in [3.63, 3.8) is 0 Å². The van der Waals surface area contributed by atoms with Crippen molar-refractivity contribution in [1.29, 1.82) is 0 Å². The molecule has 9 aromatic rings. The van der Waals surface area contributed by atoms with Crippen LogP contribution in [-0.4, -0.2) is 19.6 Å². The summed E-state index contributed by atoms with van der Waals surface area (Å²) in [6.45, 7) is 4.65. The first kappa shape index (κ1) is 32.6. The highest BCUT2D eigenvalue weighted by atomic mass is 16.3. The van der Waals surface area contributed by atoms with Gasteiger partial charge >= 0.3 is 0 Å². The molecule has 0 amide bonds. The van der Waals surface area contributed by atoms with Crippen molar-refractivity contribution in [3.8, 4) is 78.6 Å². The predicted octanol–water partition coefficient (Wildman–Crippen LogP) is 12.8. The molecule has 0 aliphatic heterocycles. The van der Waals surface area contributed by atoms with Crippen LogP contribution in [0.3, 0.4) is 0 Å². The molecule has 0 spiro atoms. The predicted molar refractivity (Wildman–Crippen MR) is 225 cm³/mol. The van der Waals surface area contributed by atoms with E-state index in [-0.39, 0.29) is 11.2 Å². The van der Waals surface area contributed by atoms with Crippen molar-refractivity contribution >= 4 is 11.0 Å². The Hall–Kier alpha value is -7.04. The lowest BCUT2D eigenvalue weighted by atomic mass is 9.78. The summed E-state index contributed by atoms with van der Waals surface area (Å²) < 4.78 is 2.15. The fraction of sp³-hybridized carbons (Fsp3) is 0.0588. The van der Waals surface area contributed by atoms with Crippen molar-refractivity contribution in [2.75, 3.05) is 0 Å². The van der Waals surface area contributed by atoms with Gasteiger partial charge in [0.1, 0.15) is 11.6 Å². The molecule has 2 aromatic heterocycles. The Bertz CT molecular complexity index is 2890. The first-order chi connectivity index (χ1) is 27.0. The summed E-state index contributed by atoms with van der Waals surface area (Å²) in [5.41, 5.74) is 17.1. The lowest BCUT2D eigenvalue weighted by molar-refractivity contribution is 0.477. The summed E-state index contributed by atoms with van der Waals surface area (Å²) in [6, 6.07) is 61.1. The fourth-order valence-corrected chi connectivity index (χ4v) is 8.54. The van der Waals surface area contributed by atoms with Gasteiger partial charge in [-0.3, -0.25) is 9.55 Å². The second kappa shape index (κ2) is 12.8. The van der Waals surface area contributed by atoms with Gasteiger partial charge in [0.25, 0.3) is 0 Å². The molecule has 0 radical (unpaired) electrons. The van der Waals surface area contributed by atoms with Crippen LogP contribution in [0.5, 0.6) is 5.75 Å². The number of imidazole rings is 1. The average molecular weight is 708 g/mol. The van der Waals surface area contributed by atoms with Crippen LogP contribution in [0.2, 0.25) is 0 Å². The minimum absolute atomic E-state index is 0.191. The number of nitrogens with zero attached hydrogens (tertiary/aromatic N) is 3. The Morgan fingerprint density at radius 2 is 1.11 bits per heavy atom. The van der Waals surface area contributed by atoms with Gasteiger partial charge in [-0.05, 0) is 105 Å². The van der Waals surface area contributed by atoms with Gasteiger partial charge in [-0.1, -0.05) is 135 Å². The topological polar surface area (TPSA) is 50.9 Å². The molecular weight excluding hydrogens is 671 g/mol. The normalized spacial score (nSPS) is 12.8. The number of hydrogen-bond acceptors (Lipinski definition) is 3. The van der Waals surface area contributed by atoms with Crippen LogP contribution in [-0.2, 0) is 5.41 Å². The maximum atomic E-state index is 11.1. The highest BCUT2D eigenvalue weighted by Crippen LogP contribution is 2.54. The quantitative estimate of drug-likeness (QED) is 0.187. The summed E-state index contributed by atoms with van der Waals surface area (Å²) in [5.74, 6) is 0.878. The zero-order valence-corrected chi connectivity index (χ0v) is 30.6. The summed E-state index contributed by atoms with van der Waals surface area (Å²) in [4.78, 5) is 10.4. The van der Waals surface area contributed by atoms with Gasteiger partial charge in [0.15, 0.2) is 0 Å². The Morgan fingerprint density at radius 3 is 1.87 bits per heavy atom. The van der Waals surface area contributed by atoms with Crippen molar-refractivity contribution < 1.29 is 5.11 Å². The van der Waals surface area contributed by atoms with Crippen molar-refractivity contribution in [3.05, 3.63) is 193 Å². The molecule has 1 N–H and O–H groups in total. The van der Waals surface area contributed by atoms with E-state index in [0.717, 1.165) is 50.2 Å². The number of aromatic nitrogens is 3. The third kappa shape index (κ3) is 5.37. The highest BCUT2D eigenvalue weighted by Gasteiger charge is 2.38. The lowest BCUT2D eigenvalue weighted by Gasteiger charge is -2.25. The monoisotopic (exact) mass is 707 g/mol. The third-order valence-corrected chi connectivity index (χ3v) is 11.2. The van der Waals surface area contributed by atoms with E-state index in [9.17, 15) is 5.11 Å². The molecule has 7 aromatic carbocycles. The number of phenolic OH excluding ortho intramolecular Hbond substituents is 1. The van der Waals surface area contributed by atoms with Crippen LogP contribution in [0.1, 0.15) is 25.0 Å². The molecule has 10 rings (SSSR count). The van der Waals surface area contributed by atoms with Crippen molar-refractivity contribution in [2.24, 2.45) is 0 Å². The summed E-state index contributed by atoms with van der Waals surface area (Å²) in [7, 11) is 0. The Labute approximate surface area is 320 Å². The second-order valence-corrected chi connectivity index (χ2v) is 14.8. The summed E-state index contributed by atoms with van der Waals surface area (Å²) >= 11 is 0. The van der Waals surface area contributed by atoms with Crippen molar-refractivity contribution in [1.82, 2.24) is 14.5 Å². The zero-order valence-electron chi connectivity index (χ0n) is 30.6. The number of hydrogen-bond donors (Lipinski definition) is 1. The number of benzene rings is 7. The number of rotatable bonds is 6. The Balaban J connectivity index is 1.19. The standard InChI is InChI=1S/C51H37N3O/c1-51(2)44-21-11-9-18-40(44)42-30-37(31-43(48(42)51)45-32-36(28-29-52-45)35-26-24-34(25-27-35)33-14-5-3-6-15-33)39-20-13-22-46-49(39)53-50(41-19-10-12-23-47(41)55)54(46)38-16-7-4-8-17-38/h3-32,55H,1-2H3. The largest absolute Gasteiger partial charge is 0.507 e. The molecule has 0 fully saturated rings. The maximum absolute atomic E-state index is 11.1. The molecule has 55 heavy (non-hydrogen) atoms. The molecule has 1 aliphatic carbocycles. The van der Waals surface area contributed by atoms with Gasteiger partial charge in [-0.25, -0.2) is 4.98 Å². The molecule has 4 nitrogen and oxygen atoms in total. The molecule has 0 saturated carbocycles. The minimum Gasteiger partial charge on any atom is -0.507 e. The number of aromatic hydroxyl groups is 1. The Kier molecular flexibility index (Phi) is 7.60. The smallest absolute Gasteiger partial charge is 0.149 e. The highest BCUT2D eigenvalue weighted by molar-refractivity contribution is 5.99. The van der Waals surface area contributed by atoms with E-state index in [1.807, 2.05) is 48.7 Å². The first-order valence-corrected chi connectivity index (χ1v) is 18.7. The lowest BCUT2D eigenvalue weighted by Crippen LogP contribution is -2.16. The fourth-order valence-electron chi connectivity index (χ4n) is 8.54. The van der Waals surface area contributed by atoms with E-state index < -0.39 is 0 Å². The van der Waals surface area contributed by atoms with Gasteiger partial charge in [0.05, 0.1) is 22.3 Å². The molecular formula is C51H37N3O. The average Bonchev–Trinajstić information content (AvgIpc) is 3.74. The molecule has 2 heterocycles. The van der Waals surface area contributed by atoms with E-state index in [0.29, 0.717) is 11.4 Å². The van der Waals surface area contributed by atoms with E-state index in [4.69, 9.17) is 9.97 Å². The summed E-state index contributed by atoms with van der Waals surface area (Å²) in [6.07, 6.45) is 1.94. The van der Waals surface area contributed by atoms with E-state index in [1.165, 1.54) is 33.4 Å². The Morgan fingerprint density at radius 1 is 0.491 bits per heavy atom. The van der Waals surface area contributed by atoms with Crippen LogP contribution in [0.4, 0.5) is 0 Å². The molecule has 4 heteroatoms. The summed E-state index contributed by atoms with van der Waals surface area (Å²) in [5, 5.41) is 11.1. The zero-order chi connectivity index (χ0) is 37.1. The molecule has 1 aliphatic rings. The number of fused-ring (bicyclic) bond motifs is 4. The van der Waals surface area contributed by atoms with Gasteiger partial charge in [0.2, 0.25) is 0 Å². The molecule has 0 unspecified atom stereocenters. The van der Waals surface area contributed by atoms with Crippen LogP contribution in [0, 0.1) is 0 Å². The number of pyridine rings is 1.